The van der Waals surface area contributed by atoms with Gasteiger partial charge in [-0.25, -0.2) is 13.8 Å². The van der Waals surface area contributed by atoms with Gasteiger partial charge >= 0.3 is 5.69 Å². The van der Waals surface area contributed by atoms with Crippen LogP contribution in [0.3, 0.4) is 0 Å². The number of rotatable bonds is 5. The van der Waals surface area contributed by atoms with E-state index in [1.807, 2.05) is 6.07 Å². The second-order valence-electron chi connectivity index (χ2n) is 8.15. The molecule has 31 heavy (non-hydrogen) atoms. The van der Waals surface area contributed by atoms with E-state index < -0.39 is 0 Å². The van der Waals surface area contributed by atoms with E-state index in [0.29, 0.717) is 28.9 Å². The molecule has 1 aliphatic rings. The van der Waals surface area contributed by atoms with E-state index in [-0.39, 0.29) is 17.1 Å². The lowest BCUT2D eigenvalue weighted by Gasteiger charge is -2.32. The fourth-order valence-corrected chi connectivity index (χ4v) is 4.42. The average Bonchev–Trinajstić information content (AvgIpc) is 2.76. The highest BCUT2D eigenvalue weighted by Gasteiger charge is 2.22. The number of para-hydroxylation sites is 1. The van der Waals surface area contributed by atoms with Crippen molar-refractivity contribution >= 4 is 11.6 Å². The van der Waals surface area contributed by atoms with Crippen LogP contribution in [-0.2, 0) is 20.0 Å². The number of benzene rings is 2. The van der Waals surface area contributed by atoms with Crippen molar-refractivity contribution in [1.82, 2.24) is 14.0 Å². The highest BCUT2D eigenvalue weighted by atomic mass is 35.5. The fourth-order valence-electron chi connectivity index (χ4n) is 4.23. The Hall–Kier alpha value is -2.70. The van der Waals surface area contributed by atoms with Crippen LogP contribution in [0, 0.1) is 11.7 Å². The molecule has 0 aliphatic carbocycles. The summed E-state index contributed by atoms with van der Waals surface area (Å²) < 4.78 is 16.3. The van der Waals surface area contributed by atoms with Gasteiger partial charge in [0.25, 0.3) is 5.56 Å². The minimum atomic E-state index is -0.343. The summed E-state index contributed by atoms with van der Waals surface area (Å²) in [5, 5.41) is 0.609. The monoisotopic (exact) mass is 441 g/mol. The van der Waals surface area contributed by atoms with Crippen molar-refractivity contribution in [2.24, 2.45) is 13.0 Å². The Morgan fingerprint density at radius 3 is 2.45 bits per heavy atom. The van der Waals surface area contributed by atoms with Crippen LogP contribution in [0.5, 0.6) is 0 Å². The number of halogens is 2. The molecule has 0 spiro atoms. The van der Waals surface area contributed by atoms with Gasteiger partial charge in [-0.2, -0.15) is 0 Å². The van der Waals surface area contributed by atoms with Crippen LogP contribution in [0.25, 0.3) is 5.69 Å². The third-order valence-corrected chi connectivity index (χ3v) is 6.41. The number of piperidine rings is 1. The quantitative estimate of drug-likeness (QED) is 0.605. The summed E-state index contributed by atoms with van der Waals surface area (Å²) >= 11 is 6.21. The van der Waals surface area contributed by atoms with Gasteiger partial charge < -0.3 is 0 Å². The summed E-state index contributed by atoms with van der Waals surface area (Å²) in [5.41, 5.74) is 1.46. The van der Waals surface area contributed by atoms with Gasteiger partial charge in [-0.1, -0.05) is 29.8 Å². The molecule has 2 aromatic carbocycles. The van der Waals surface area contributed by atoms with Crippen molar-refractivity contribution in [3.63, 3.8) is 0 Å². The van der Waals surface area contributed by atoms with Crippen molar-refractivity contribution in [2.45, 2.75) is 25.8 Å². The van der Waals surface area contributed by atoms with E-state index in [1.54, 1.807) is 48.0 Å². The lowest BCUT2D eigenvalue weighted by atomic mass is 9.90. The molecule has 1 saturated heterocycles. The maximum absolute atomic E-state index is 13.5. The van der Waals surface area contributed by atoms with E-state index in [1.165, 1.54) is 16.7 Å². The molecule has 3 aromatic rings. The van der Waals surface area contributed by atoms with Crippen LogP contribution >= 0.6 is 11.6 Å². The molecule has 0 radical (unpaired) electrons. The zero-order valence-electron chi connectivity index (χ0n) is 17.4. The molecule has 0 atom stereocenters. The Balaban J connectivity index is 1.43. The highest BCUT2D eigenvalue weighted by molar-refractivity contribution is 6.31. The second-order valence-corrected chi connectivity index (χ2v) is 8.55. The summed E-state index contributed by atoms with van der Waals surface area (Å²) in [6, 6.07) is 15.0. The number of aromatic nitrogens is 2. The van der Waals surface area contributed by atoms with E-state index in [2.05, 4.69) is 4.90 Å². The Morgan fingerprint density at radius 2 is 1.74 bits per heavy atom. The van der Waals surface area contributed by atoms with Gasteiger partial charge in [-0.15, -0.1) is 0 Å². The molecule has 0 unspecified atom stereocenters. The van der Waals surface area contributed by atoms with Gasteiger partial charge in [0.15, 0.2) is 0 Å². The lowest BCUT2D eigenvalue weighted by molar-refractivity contribution is 0.173. The standard InChI is InChI=1S/C24H25ClFN3O2/c1-27-21(15-23(30)29(24(27)31)20-5-3-2-4-6-20)16-28-11-9-17(10-12-28)13-18-14-19(26)7-8-22(18)25/h2-8,14-15,17H,9-13,16H2,1H3. The summed E-state index contributed by atoms with van der Waals surface area (Å²) in [5.74, 6) is 0.174. The molecule has 7 heteroatoms. The first-order chi connectivity index (χ1) is 14.9. The summed E-state index contributed by atoms with van der Waals surface area (Å²) in [6.07, 6.45) is 2.68. The third-order valence-electron chi connectivity index (χ3n) is 6.04. The summed E-state index contributed by atoms with van der Waals surface area (Å²) in [7, 11) is 1.70. The number of hydrogen-bond acceptors (Lipinski definition) is 3. The van der Waals surface area contributed by atoms with Crippen LogP contribution in [0.4, 0.5) is 4.39 Å². The maximum Gasteiger partial charge on any atom is 0.335 e. The minimum Gasteiger partial charge on any atom is -0.299 e. The van der Waals surface area contributed by atoms with Crippen molar-refractivity contribution < 1.29 is 4.39 Å². The molecule has 5 nitrogen and oxygen atoms in total. The number of nitrogens with zero attached hydrogens (tertiary/aromatic N) is 3. The Labute approximate surface area is 185 Å². The molecule has 4 rings (SSSR count). The summed E-state index contributed by atoms with van der Waals surface area (Å²) in [6.45, 7) is 2.26. The molecular formula is C24H25ClFN3O2. The molecule has 1 fully saturated rings. The smallest absolute Gasteiger partial charge is 0.299 e. The Bertz CT molecular complexity index is 1180. The zero-order chi connectivity index (χ0) is 22.0. The molecule has 0 amide bonds. The SMILES string of the molecule is Cn1c(CN2CCC(Cc3cc(F)ccc3Cl)CC2)cc(=O)n(-c2ccccc2)c1=O. The largest absolute Gasteiger partial charge is 0.335 e. The van der Waals surface area contributed by atoms with Crippen molar-refractivity contribution in [3.05, 3.63) is 97.5 Å². The first-order valence-electron chi connectivity index (χ1n) is 10.5. The molecular weight excluding hydrogens is 417 g/mol. The van der Waals surface area contributed by atoms with E-state index in [9.17, 15) is 14.0 Å². The lowest BCUT2D eigenvalue weighted by Crippen LogP contribution is -2.41. The normalized spacial score (nSPS) is 15.3. The average molecular weight is 442 g/mol. The van der Waals surface area contributed by atoms with Crippen molar-refractivity contribution in [2.75, 3.05) is 13.1 Å². The van der Waals surface area contributed by atoms with Gasteiger partial charge in [0.05, 0.1) is 5.69 Å². The van der Waals surface area contributed by atoms with Crippen LogP contribution in [-0.4, -0.2) is 27.1 Å². The number of hydrogen-bond donors (Lipinski definition) is 0. The van der Waals surface area contributed by atoms with Crippen molar-refractivity contribution in [3.8, 4) is 5.69 Å². The molecule has 162 valence electrons. The second kappa shape index (κ2) is 9.20. The number of likely N-dealkylation sites (tertiary alicyclic amines) is 1. The molecule has 1 aromatic heterocycles. The summed E-state index contributed by atoms with van der Waals surface area (Å²) in [4.78, 5) is 27.7. The topological polar surface area (TPSA) is 47.2 Å². The van der Waals surface area contributed by atoms with Crippen LogP contribution in [0.15, 0.2) is 64.2 Å². The molecule has 0 bridgehead atoms. The molecule has 2 heterocycles. The first kappa shape index (κ1) is 21.5. The fraction of sp³-hybridized carbons (Fsp3) is 0.333. The highest BCUT2D eigenvalue weighted by Crippen LogP contribution is 2.26. The predicted octanol–water partition coefficient (Wildman–Crippen LogP) is 3.78. The van der Waals surface area contributed by atoms with Crippen molar-refractivity contribution in [1.29, 1.82) is 0 Å². The van der Waals surface area contributed by atoms with Gasteiger partial charge in [0, 0.05) is 30.4 Å². The minimum absolute atomic E-state index is 0.261. The van der Waals surface area contributed by atoms with E-state index in [0.717, 1.165) is 37.9 Å². The van der Waals surface area contributed by atoms with Gasteiger partial charge in [0.2, 0.25) is 0 Å². The van der Waals surface area contributed by atoms with Crippen LogP contribution in [0.2, 0.25) is 5.02 Å². The van der Waals surface area contributed by atoms with Gasteiger partial charge in [-0.3, -0.25) is 14.3 Å². The first-order valence-corrected chi connectivity index (χ1v) is 10.8. The van der Waals surface area contributed by atoms with Crippen LogP contribution in [0.1, 0.15) is 24.1 Å². The van der Waals surface area contributed by atoms with E-state index in [4.69, 9.17) is 11.6 Å². The zero-order valence-corrected chi connectivity index (χ0v) is 18.2. The third kappa shape index (κ3) is 4.81. The van der Waals surface area contributed by atoms with Gasteiger partial charge in [0.1, 0.15) is 5.82 Å². The molecule has 0 saturated carbocycles. The van der Waals surface area contributed by atoms with Gasteiger partial charge in [-0.05, 0) is 74.2 Å². The molecule has 0 N–H and O–H groups in total. The Morgan fingerprint density at radius 1 is 1.03 bits per heavy atom. The predicted molar refractivity (Wildman–Crippen MR) is 120 cm³/mol. The van der Waals surface area contributed by atoms with E-state index >= 15 is 0 Å². The maximum atomic E-state index is 13.5. The van der Waals surface area contributed by atoms with Crippen LogP contribution < -0.4 is 11.2 Å². The molecule has 1 aliphatic heterocycles. The Kier molecular flexibility index (Phi) is 6.39.